The second-order valence-corrected chi connectivity index (χ2v) is 6.17. The van der Waals surface area contributed by atoms with Crippen LogP contribution in [0.15, 0.2) is 28.8 Å². The van der Waals surface area contributed by atoms with Crippen LogP contribution in [0.3, 0.4) is 0 Å². The molecule has 1 aromatic carbocycles. The molecule has 2 heterocycles. The average molecular weight is 340 g/mol. The summed E-state index contributed by atoms with van der Waals surface area (Å²) in [4.78, 5) is 14.0. The molecule has 1 aliphatic heterocycles. The molecule has 5 nitrogen and oxygen atoms in total. The molecule has 1 aromatic heterocycles. The van der Waals surface area contributed by atoms with Gasteiger partial charge in [-0.25, -0.2) is 8.78 Å². The molecule has 0 atom stereocenters. The van der Waals surface area contributed by atoms with Crippen molar-refractivity contribution in [1.82, 2.24) is 10.1 Å². The summed E-state index contributed by atoms with van der Waals surface area (Å²) in [5, 5.41) is 3.75. The summed E-state index contributed by atoms with van der Waals surface area (Å²) in [6.45, 7) is 1.36. The Morgan fingerprint density at radius 1 is 1.26 bits per heavy atom. The van der Waals surface area contributed by atoms with Crippen LogP contribution in [0, 0.1) is 11.6 Å². The van der Waals surface area contributed by atoms with Gasteiger partial charge in [-0.15, -0.1) is 0 Å². The number of amides is 1. The summed E-state index contributed by atoms with van der Waals surface area (Å²) in [6.07, 6.45) is 0. The summed E-state index contributed by atoms with van der Waals surface area (Å²) in [5.74, 6) is 0.230. The van der Waals surface area contributed by atoms with Crippen molar-refractivity contribution in [1.29, 1.82) is 0 Å². The minimum absolute atomic E-state index is 0.0266. The number of thioether (sulfide) groups is 1. The summed E-state index contributed by atoms with van der Waals surface area (Å²) in [6, 6.07) is 4.74. The smallest absolute Gasteiger partial charge is 0.276 e. The molecule has 0 N–H and O–H groups in total. The Balaban J connectivity index is 1.60. The van der Waals surface area contributed by atoms with Crippen LogP contribution < -0.4 is 4.74 Å². The second kappa shape index (κ2) is 6.99. The molecule has 23 heavy (non-hydrogen) atoms. The standard InChI is InChI=1S/C15H14F2N2O3S/c16-12-2-1-10(7-13(12)17)21-9-11-8-14(18-22-11)15(20)19-3-5-23-6-4-19/h1-2,7-8H,3-6,9H2. The maximum absolute atomic E-state index is 13.1. The van der Waals surface area contributed by atoms with Crippen molar-refractivity contribution in [2.75, 3.05) is 24.6 Å². The van der Waals surface area contributed by atoms with Crippen LogP contribution in [0.4, 0.5) is 8.78 Å². The van der Waals surface area contributed by atoms with E-state index in [2.05, 4.69) is 5.16 Å². The van der Waals surface area contributed by atoms with Crippen molar-refractivity contribution in [3.63, 3.8) is 0 Å². The van der Waals surface area contributed by atoms with E-state index in [1.165, 1.54) is 12.1 Å². The van der Waals surface area contributed by atoms with Gasteiger partial charge in [0.05, 0.1) is 0 Å². The lowest BCUT2D eigenvalue weighted by Crippen LogP contribution is -2.38. The van der Waals surface area contributed by atoms with E-state index in [9.17, 15) is 13.6 Å². The zero-order chi connectivity index (χ0) is 16.2. The Kier molecular flexibility index (Phi) is 4.80. The second-order valence-electron chi connectivity index (χ2n) is 4.95. The average Bonchev–Trinajstić information content (AvgIpc) is 3.05. The van der Waals surface area contributed by atoms with Crippen LogP contribution in [0.1, 0.15) is 16.2 Å². The van der Waals surface area contributed by atoms with Crippen LogP contribution in [-0.4, -0.2) is 40.6 Å². The lowest BCUT2D eigenvalue weighted by Gasteiger charge is -2.25. The number of aromatic nitrogens is 1. The first-order valence-corrected chi connectivity index (χ1v) is 8.19. The monoisotopic (exact) mass is 340 g/mol. The van der Waals surface area contributed by atoms with E-state index in [-0.39, 0.29) is 24.0 Å². The topological polar surface area (TPSA) is 55.6 Å². The number of carbonyl (C=O) groups is 1. The van der Waals surface area contributed by atoms with Gasteiger partial charge in [-0.1, -0.05) is 5.16 Å². The summed E-state index contributed by atoms with van der Waals surface area (Å²) < 4.78 is 36.3. The van der Waals surface area contributed by atoms with E-state index in [1.807, 2.05) is 11.8 Å². The SMILES string of the molecule is O=C(c1cc(COc2ccc(F)c(F)c2)on1)N1CCSCC1. The van der Waals surface area contributed by atoms with Crippen molar-refractivity contribution in [3.8, 4) is 5.75 Å². The van der Waals surface area contributed by atoms with Crippen LogP contribution in [0.25, 0.3) is 0 Å². The molecule has 3 rings (SSSR count). The predicted molar refractivity (Wildman–Crippen MR) is 80.4 cm³/mol. The number of hydrogen-bond acceptors (Lipinski definition) is 5. The van der Waals surface area contributed by atoms with E-state index in [4.69, 9.17) is 9.26 Å². The Labute approximate surface area is 135 Å². The van der Waals surface area contributed by atoms with Gasteiger partial charge >= 0.3 is 0 Å². The van der Waals surface area contributed by atoms with Gasteiger partial charge in [-0.2, -0.15) is 11.8 Å². The van der Waals surface area contributed by atoms with Gasteiger partial charge in [0.25, 0.3) is 5.91 Å². The molecule has 0 aliphatic carbocycles. The zero-order valence-corrected chi connectivity index (χ0v) is 12.9. The van der Waals surface area contributed by atoms with E-state index in [0.29, 0.717) is 18.8 Å². The Bertz CT molecular complexity index is 702. The van der Waals surface area contributed by atoms with E-state index in [1.54, 1.807) is 4.90 Å². The predicted octanol–water partition coefficient (Wildman–Crippen LogP) is 2.72. The van der Waals surface area contributed by atoms with Crippen LogP contribution in [0.2, 0.25) is 0 Å². The van der Waals surface area contributed by atoms with Crippen LogP contribution >= 0.6 is 11.8 Å². The lowest BCUT2D eigenvalue weighted by molar-refractivity contribution is 0.0761. The molecule has 0 bridgehead atoms. The van der Waals surface area contributed by atoms with Gasteiger partial charge in [-0.3, -0.25) is 4.79 Å². The highest BCUT2D eigenvalue weighted by molar-refractivity contribution is 7.99. The number of carbonyl (C=O) groups excluding carboxylic acids is 1. The third-order valence-corrected chi connectivity index (χ3v) is 4.29. The zero-order valence-electron chi connectivity index (χ0n) is 12.1. The summed E-state index contributed by atoms with van der Waals surface area (Å²) in [5.41, 5.74) is 0.223. The molecule has 0 radical (unpaired) electrons. The fraction of sp³-hybridized carbons (Fsp3) is 0.333. The lowest BCUT2D eigenvalue weighted by atomic mass is 10.3. The number of nitrogens with zero attached hydrogens (tertiary/aromatic N) is 2. The van der Waals surface area contributed by atoms with Gasteiger partial charge in [0.2, 0.25) is 0 Å². The fourth-order valence-electron chi connectivity index (χ4n) is 2.13. The van der Waals surface area contributed by atoms with Gasteiger partial charge in [0, 0.05) is 36.7 Å². The quantitative estimate of drug-likeness (QED) is 0.857. The summed E-state index contributed by atoms with van der Waals surface area (Å²) >= 11 is 1.81. The summed E-state index contributed by atoms with van der Waals surface area (Å²) in [7, 11) is 0. The first-order chi connectivity index (χ1) is 11.1. The Morgan fingerprint density at radius 3 is 2.78 bits per heavy atom. The number of halogens is 2. The Hall–Kier alpha value is -2.09. The van der Waals surface area contributed by atoms with Crippen molar-refractivity contribution >= 4 is 17.7 Å². The molecule has 1 saturated heterocycles. The third kappa shape index (κ3) is 3.82. The molecule has 122 valence electrons. The van der Waals surface area contributed by atoms with Gasteiger partial charge in [0.1, 0.15) is 12.4 Å². The number of benzene rings is 1. The van der Waals surface area contributed by atoms with E-state index >= 15 is 0 Å². The van der Waals surface area contributed by atoms with Gasteiger partial charge in [-0.05, 0) is 12.1 Å². The molecule has 0 spiro atoms. The first-order valence-electron chi connectivity index (χ1n) is 7.04. The molecule has 1 amide bonds. The highest BCUT2D eigenvalue weighted by atomic mass is 32.2. The maximum Gasteiger partial charge on any atom is 0.276 e. The minimum atomic E-state index is -0.987. The largest absolute Gasteiger partial charge is 0.485 e. The molecule has 2 aromatic rings. The molecule has 0 unspecified atom stereocenters. The molecule has 1 fully saturated rings. The number of ether oxygens (including phenoxy) is 1. The fourth-order valence-corrected chi connectivity index (χ4v) is 3.03. The molecular weight excluding hydrogens is 326 g/mol. The highest BCUT2D eigenvalue weighted by Gasteiger charge is 2.21. The molecule has 0 saturated carbocycles. The maximum atomic E-state index is 13.1. The van der Waals surface area contributed by atoms with Crippen LogP contribution in [0.5, 0.6) is 5.75 Å². The normalized spacial score (nSPS) is 14.8. The number of rotatable bonds is 4. The molecular formula is C15H14F2N2O3S. The third-order valence-electron chi connectivity index (χ3n) is 3.35. The van der Waals surface area contributed by atoms with E-state index in [0.717, 1.165) is 23.6 Å². The number of hydrogen-bond donors (Lipinski definition) is 0. The van der Waals surface area contributed by atoms with Gasteiger partial charge < -0.3 is 14.2 Å². The first kappa shape index (κ1) is 15.8. The Morgan fingerprint density at radius 2 is 2.04 bits per heavy atom. The molecule has 1 aliphatic rings. The minimum Gasteiger partial charge on any atom is -0.485 e. The highest BCUT2D eigenvalue weighted by Crippen LogP contribution is 2.18. The van der Waals surface area contributed by atoms with Crippen LogP contribution in [-0.2, 0) is 6.61 Å². The van der Waals surface area contributed by atoms with Crippen molar-refractivity contribution < 1.29 is 22.8 Å². The van der Waals surface area contributed by atoms with Crippen molar-refractivity contribution in [2.24, 2.45) is 0 Å². The van der Waals surface area contributed by atoms with Crippen molar-refractivity contribution in [3.05, 3.63) is 47.4 Å². The van der Waals surface area contributed by atoms with Gasteiger partial charge in [0.15, 0.2) is 23.1 Å². The van der Waals surface area contributed by atoms with Crippen molar-refractivity contribution in [2.45, 2.75) is 6.61 Å². The van der Waals surface area contributed by atoms with E-state index < -0.39 is 11.6 Å². The molecule has 8 heteroatoms.